The molecule has 0 aliphatic heterocycles. The average molecular weight is 830 g/mol. The van der Waals surface area contributed by atoms with Crippen molar-refractivity contribution in [3.63, 3.8) is 0 Å². The van der Waals surface area contributed by atoms with E-state index in [1.54, 1.807) is 0 Å². The highest BCUT2D eigenvalue weighted by molar-refractivity contribution is 7.45. The zero-order chi connectivity index (χ0) is 42.0. The molecule has 9 heteroatoms. The van der Waals surface area contributed by atoms with Crippen molar-refractivity contribution in [1.29, 1.82) is 0 Å². The molecular weight excluding hydrogens is 734 g/mol. The van der Waals surface area contributed by atoms with Crippen LogP contribution in [0.4, 0.5) is 0 Å². The molecule has 0 aromatic rings. The molecule has 0 heterocycles. The molecule has 0 aromatic heterocycles. The van der Waals surface area contributed by atoms with Gasteiger partial charge in [0.15, 0.2) is 0 Å². The van der Waals surface area contributed by atoms with Crippen LogP contribution in [0.2, 0.25) is 0 Å². The summed E-state index contributed by atoms with van der Waals surface area (Å²) in [6.45, 7) is 5.45. The quantitative estimate of drug-likeness (QED) is 0.0198. The summed E-state index contributed by atoms with van der Waals surface area (Å²) in [6.07, 6.45) is 46.5. The predicted molar refractivity (Wildman–Crippen MR) is 241 cm³/mol. The summed E-state index contributed by atoms with van der Waals surface area (Å²) in [4.78, 5) is 25.1. The molecule has 2 unspecified atom stereocenters. The van der Waals surface area contributed by atoms with Crippen LogP contribution in [0.25, 0.3) is 0 Å². The van der Waals surface area contributed by atoms with Crippen LogP contribution in [-0.4, -0.2) is 70.7 Å². The lowest BCUT2D eigenvalue weighted by Crippen LogP contribution is -2.37. The Morgan fingerprint density at radius 1 is 0.526 bits per heavy atom. The number of phosphoric acid groups is 1. The second kappa shape index (κ2) is 42.0. The minimum atomic E-state index is -4.52. The van der Waals surface area contributed by atoms with Crippen molar-refractivity contribution in [1.82, 2.24) is 0 Å². The van der Waals surface area contributed by atoms with Crippen LogP contribution in [0.15, 0.2) is 12.2 Å². The van der Waals surface area contributed by atoms with Crippen LogP contribution in [0.1, 0.15) is 232 Å². The zero-order valence-corrected chi connectivity index (χ0v) is 39.5. The fourth-order valence-corrected chi connectivity index (χ4v) is 7.74. The number of phosphoric ester groups is 1. The number of likely N-dealkylation sites (N-methyl/N-ethyl adjacent to an activating group) is 1. The molecule has 0 aliphatic carbocycles. The van der Waals surface area contributed by atoms with Gasteiger partial charge in [0.25, 0.3) is 7.82 Å². The molecule has 2 atom stereocenters. The maximum Gasteiger partial charge on any atom is 0.306 e. The molecule has 0 spiro atoms. The van der Waals surface area contributed by atoms with Crippen LogP contribution in [0.3, 0.4) is 0 Å². The number of rotatable bonds is 46. The molecule has 0 amide bonds. The topological polar surface area (TPSA) is 94.1 Å². The van der Waals surface area contributed by atoms with Crippen molar-refractivity contribution in [3.05, 3.63) is 12.2 Å². The summed E-state index contributed by atoms with van der Waals surface area (Å²) in [6, 6.07) is 0. The minimum Gasteiger partial charge on any atom is -0.756 e. The molecule has 0 aromatic carbocycles. The second-order valence-electron chi connectivity index (χ2n) is 17.8. The van der Waals surface area contributed by atoms with Gasteiger partial charge in [0.05, 0.1) is 34.4 Å². The van der Waals surface area contributed by atoms with E-state index in [2.05, 4.69) is 26.0 Å². The monoisotopic (exact) mass is 830 g/mol. The molecule has 0 aliphatic rings. The van der Waals surface area contributed by atoms with Crippen molar-refractivity contribution in [2.24, 2.45) is 0 Å². The van der Waals surface area contributed by atoms with Crippen LogP contribution < -0.4 is 4.89 Å². The van der Waals surface area contributed by atoms with Crippen molar-refractivity contribution < 1.29 is 37.3 Å². The number of unbranched alkanes of at least 4 members (excludes halogenated alkanes) is 30. The van der Waals surface area contributed by atoms with E-state index >= 15 is 0 Å². The molecule has 57 heavy (non-hydrogen) atoms. The third-order valence-corrected chi connectivity index (χ3v) is 11.8. The van der Waals surface area contributed by atoms with Crippen molar-refractivity contribution >= 4 is 13.8 Å². The van der Waals surface area contributed by atoms with Crippen LogP contribution in [0, 0.1) is 0 Å². The Morgan fingerprint density at radius 2 is 0.912 bits per heavy atom. The van der Waals surface area contributed by atoms with Gasteiger partial charge in [-0.2, -0.15) is 0 Å². The number of quaternary nitrogens is 1. The molecule has 0 saturated carbocycles. The van der Waals surface area contributed by atoms with Gasteiger partial charge in [-0.25, -0.2) is 0 Å². The number of carbonyl (C=O) groups excluding carboxylic acids is 1. The van der Waals surface area contributed by atoms with Crippen LogP contribution in [-0.2, 0) is 27.9 Å². The highest BCUT2D eigenvalue weighted by Gasteiger charge is 2.20. The number of esters is 1. The summed E-state index contributed by atoms with van der Waals surface area (Å²) < 4.78 is 34.7. The van der Waals surface area contributed by atoms with E-state index in [0.717, 1.165) is 44.9 Å². The highest BCUT2D eigenvalue weighted by Crippen LogP contribution is 2.38. The lowest BCUT2D eigenvalue weighted by atomic mass is 10.0. The fourth-order valence-electron chi connectivity index (χ4n) is 7.01. The summed E-state index contributed by atoms with van der Waals surface area (Å²) in [5.74, 6) is -0.337. The Morgan fingerprint density at radius 3 is 1.33 bits per heavy atom. The Hall–Kier alpha value is -0.760. The first-order valence-electron chi connectivity index (χ1n) is 24.4. The highest BCUT2D eigenvalue weighted by atomic mass is 31.2. The number of allylic oxidation sites excluding steroid dienone is 2. The third kappa shape index (κ3) is 46.2. The first-order chi connectivity index (χ1) is 27.6. The minimum absolute atomic E-state index is 0.0280. The molecule has 0 bridgehead atoms. The van der Waals surface area contributed by atoms with Gasteiger partial charge in [0, 0.05) is 13.0 Å². The Balaban J connectivity index is 4.14. The molecule has 8 nitrogen and oxygen atoms in total. The summed E-state index contributed by atoms with van der Waals surface area (Å²) >= 11 is 0. The molecule has 0 radical (unpaired) electrons. The first kappa shape index (κ1) is 56.2. The number of ether oxygens (including phenoxy) is 2. The lowest BCUT2D eigenvalue weighted by molar-refractivity contribution is -0.870. The number of carbonyl (C=O) groups is 1. The smallest absolute Gasteiger partial charge is 0.306 e. The molecule has 0 rings (SSSR count). The molecule has 0 fully saturated rings. The van der Waals surface area contributed by atoms with Crippen LogP contribution >= 0.6 is 7.82 Å². The first-order valence-corrected chi connectivity index (χ1v) is 25.9. The van der Waals surface area contributed by atoms with Gasteiger partial charge in [-0.15, -0.1) is 0 Å². The number of nitrogens with zero attached hydrogens (tertiary/aromatic N) is 1. The van der Waals surface area contributed by atoms with Gasteiger partial charge in [-0.05, 0) is 38.5 Å². The van der Waals surface area contributed by atoms with Crippen molar-refractivity contribution in [2.45, 2.75) is 238 Å². The van der Waals surface area contributed by atoms with Gasteiger partial charge >= 0.3 is 5.97 Å². The third-order valence-electron chi connectivity index (χ3n) is 10.8. The standard InChI is InChI=1S/C48H96NO7P/c1-6-8-10-12-14-16-18-20-22-24-25-26-28-30-32-34-36-38-40-43-53-45-47(46-55-57(51,52)54-44-42-49(3,4)5)56-48(50)41-39-37-35-33-31-29-27-23-21-19-17-15-13-11-9-7-2/h23,27,47H,6-22,24-26,28-46H2,1-5H3/b27-23-. The molecule has 0 N–H and O–H groups in total. The van der Waals surface area contributed by atoms with E-state index in [9.17, 15) is 14.3 Å². The van der Waals surface area contributed by atoms with Crippen molar-refractivity contribution in [3.8, 4) is 0 Å². The normalized spacial score (nSPS) is 13.7. The number of hydrogen-bond donors (Lipinski definition) is 0. The van der Waals surface area contributed by atoms with Gasteiger partial charge in [0.2, 0.25) is 0 Å². The number of hydrogen-bond acceptors (Lipinski definition) is 7. The Labute approximate surface area is 354 Å². The average Bonchev–Trinajstić information content (AvgIpc) is 3.16. The Kier molecular flexibility index (Phi) is 41.4. The molecule has 340 valence electrons. The van der Waals surface area contributed by atoms with E-state index in [0.29, 0.717) is 24.1 Å². The fraction of sp³-hybridized carbons (Fsp3) is 0.938. The second-order valence-corrected chi connectivity index (χ2v) is 19.2. The van der Waals surface area contributed by atoms with Gasteiger partial charge < -0.3 is 27.9 Å². The lowest BCUT2D eigenvalue weighted by Gasteiger charge is -2.28. The van der Waals surface area contributed by atoms with Gasteiger partial charge in [-0.3, -0.25) is 9.36 Å². The molecule has 0 saturated heterocycles. The summed E-state index contributed by atoms with van der Waals surface area (Å²) in [5.41, 5.74) is 0. The van der Waals surface area contributed by atoms with Gasteiger partial charge in [0.1, 0.15) is 19.3 Å². The van der Waals surface area contributed by atoms with E-state index in [1.165, 1.54) is 167 Å². The predicted octanol–water partition coefficient (Wildman–Crippen LogP) is 14.0. The van der Waals surface area contributed by atoms with Crippen molar-refractivity contribution in [2.75, 3.05) is 54.1 Å². The molecular formula is C48H96NO7P. The van der Waals surface area contributed by atoms with Crippen LogP contribution in [0.5, 0.6) is 0 Å². The van der Waals surface area contributed by atoms with Gasteiger partial charge in [-0.1, -0.05) is 199 Å². The van der Waals surface area contributed by atoms with E-state index in [1.807, 2.05) is 21.1 Å². The van der Waals surface area contributed by atoms with E-state index in [4.69, 9.17) is 18.5 Å². The Bertz CT molecular complexity index is 925. The maximum absolute atomic E-state index is 12.7. The van der Waals surface area contributed by atoms with E-state index in [-0.39, 0.29) is 25.8 Å². The van der Waals surface area contributed by atoms with E-state index < -0.39 is 13.9 Å². The maximum atomic E-state index is 12.7. The summed E-state index contributed by atoms with van der Waals surface area (Å²) in [7, 11) is 1.36. The largest absolute Gasteiger partial charge is 0.756 e. The summed E-state index contributed by atoms with van der Waals surface area (Å²) in [5, 5.41) is 0. The zero-order valence-electron chi connectivity index (χ0n) is 38.6. The SMILES string of the molecule is CCCCCCCCC/C=C\CCCCCCCC(=O)OC(COCCCCCCCCCCCCCCCCCCCCC)COP(=O)([O-])OCC[N+](C)(C)C.